The maximum Gasteiger partial charge on any atom is 0.0446 e. The molecule has 0 amide bonds. The van der Waals surface area contributed by atoms with Gasteiger partial charge in [-0.2, -0.15) is 0 Å². The Hall–Kier alpha value is -0.120. The highest BCUT2D eigenvalue weighted by Gasteiger charge is 2.28. The normalized spacial score (nSPS) is 30.6. The topological polar surface area (TPSA) is 35.5 Å². The van der Waals surface area contributed by atoms with E-state index in [1.54, 1.807) is 0 Å². The second-order valence-electron chi connectivity index (χ2n) is 4.90. The number of nitrogens with one attached hydrogen (secondary N) is 1. The molecule has 0 aromatic heterocycles. The van der Waals surface area contributed by atoms with Crippen molar-refractivity contribution in [2.45, 2.75) is 50.6 Å². The van der Waals surface area contributed by atoms with Crippen molar-refractivity contribution in [2.24, 2.45) is 0 Å². The van der Waals surface area contributed by atoms with Crippen LogP contribution in [-0.2, 0) is 0 Å². The number of rotatable bonds is 3. The van der Waals surface area contributed by atoms with Crippen molar-refractivity contribution in [3.05, 3.63) is 0 Å². The molecular weight excluding hydrogens is 188 g/mol. The van der Waals surface area contributed by atoms with Crippen LogP contribution in [0.5, 0.6) is 0 Å². The fraction of sp³-hybridized carbons (Fsp3) is 1.00. The maximum absolute atomic E-state index is 9.08. The van der Waals surface area contributed by atoms with Crippen LogP contribution in [0, 0.1) is 0 Å². The first-order valence-electron chi connectivity index (χ1n) is 6.49. The highest BCUT2D eigenvalue weighted by molar-refractivity contribution is 4.86. The summed E-state index contributed by atoms with van der Waals surface area (Å²) in [5.74, 6) is 0. The van der Waals surface area contributed by atoms with Gasteiger partial charge in [0.15, 0.2) is 0 Å². The molecule has 1 aliphatic carbocycles. The first kappa shape index (κ1) is 11.4. The van der Waals surface area contributed by atoms with Crippen LogP contribution < -0.4 is 5.32 Å². The van der Waals surface area contributed by atoms with Crippen LogP contribution in [0.1, 0.15) is 38.5 Å². The number of piperazine rings is 1. The smallest absolute Gasteiger partial charge is 0.0446 e. The highest BCUT2D eigenvalue weighted by Crippen LogP contribution is 2.25. The van der Waals surface area contributed by atoms with Crippen molar-refractivity contribution >= 4 is 0 Å². The summed E-state index contributed by atoms with van der Waals surface area (Å²) in [6.07, 6.45) is 7.92. The van der Waals surface area contributed by atoms with E-state index in [1.807, 2.05) is 0 Å². The van der Waals surface area contributed by atoms with Crippen LogP contribution in [0.2, 0.25) is 0 Å². The molecule has 1 atom stereocenters. The fourth-order valence-corrected chi connectivity index (χ4v) is 3.09. The van der Waals surface area contributed by atoms with Gasteiger partial charge in [0, 0.05) is 38.3 Å². The van der Waals surface area contributed by atoms with Crippen molar-refractivity contribution in [2.75, 3.05) is 26.2 Å². The van der Waals surface area contributed by atoms with Crippen molar-refractivity contribution in [3.8, 4) is 0 Å². The molecule has 1 aliphatic heterocycles. The Kier molecular flexibility index (Phi) is 4.42. The Bertz CT molecular complexity index is 168. The molecule has 3 nitrogen and oxygen atoms in total. The molecule has 88 valence electrons. The van der Waals surface area contributed by atoms with Gasteiger partial charge in [-0.05, 0) is 19.3 Å². The lowest BCUT2D eigenvalue weighted by Gasteiger charge is -2.43. The van der Waals surface area contributed by atoms with E-state index in [0.717, 1.165) is 25.6 Å². The Morgan fingerprint density at radius 1 is 1.20 bits per heavy atom. The second-order valence-corrected chi connectivity index (χ2v) is 4.90. The molecule has 3 heteroatoms. The SMILES string of the molecule is OCC[C@@H]1CNCCN1C1CCCCC1. The highest BCUT2D eigenvalue weighted by atomic mass is 16.3. The average Bonchev–Trinajstić information content (AvgIpc) is 2.31. The van der Waals surface area contributed by atoms with Gasteiger partial charge in [0.05, 0.1) is 0 Å². The monoisotopic (exact) mass is 212 g/mol. The zero-order valence-electron chi connectivity index (χ0n) is 9.62. The van der Waals surface area contributed by atoms with Gasteiger partial charge >= 0.3 is 0 Å². The quantitative estimate of drug-likeness (QED) is 0.732. The fourth-order valence-electron chi connectivity index (χ4n) is 3.09. The molecule has 0 bridgehead atoms. The molecule has 0 aromatic carbocycles. The molecule has 15 heavy (non-hydrogen) atoms. The van der Waals surface area contributed by atoms with Crippen LogP contribution in [0.4, 0.5) is 0 Å². The van der Waals surface area contributed by atoms with Gasteiger partial charge in [-0.25, -0.2) is 0 Å². The van der Waals surface area contributed by atoms with E-state index in [0.29, 0.717) is 12.6 Å². The zero-order chi connectivity index (χ0) is 10.5. The summed E-state index contributed by atoms with van der Waals surface area (Å²) in [7, 11) is 0. The van der Waals surface area contributed by atoms with Gasteiger partial charge in [0.25, 0.3) is 0 Å². The maximum atomic E-state index is 9.08. The van der Waals surface area contributed by atoms with Crippen LogP contribution in [0.15, 0.2) is 0 Å². The summed E-state index contributed by atoms with van der Waals surface area (Å²) in [4.78, 5) is 2.66. The lowest BCUT2D eigenvalue weighted by atomic mass is 9.92. The summed E-state index contributed by atoms with van der Waals surface area (Å²) in [6.45, 7) is 3.69. The molecule has 2 rings (SSSR count). The molecule has 0 radical (unpaired) electrons. The lowest BCUT2D eigenvalue weighted by Crippen LogP contribution is -2.55. The predicted octanol–water partition coefficient (Wildman–Crippen LogP) is 0.975. The number of nitrogens with zero attached hydrogens (tertiary/aromatic N) is 1. The van der Waals surface area contributed by atoms with E-state index < -0.39 is 0 Å². The number of hydrogen-bond donors (Lipinski definition) is 2. The average molecular weight is 212 g/mol. The van der Waals surface area contributed by atoms with Crippen LogP contribution >= 0.6 is 0 Å². The molecule has 1 saturated carbocycles. The first-order valence-corrected chi connectivity index (χ1v) is 6.49. The minimum absolute atomic E-state index is 0.329. The van der Waals surface area contributed by atoms with E-state index in [1.165, 1.54) is 38.6 Å². The number of aliphatic hydroxyl groups is 1. The molecule has 1 saturated heterocycles. The van der Waals surface area contributed by atoms with E-state index >= 15 is 0 Å². The van der Waals surface area contributed by atoms with Gasteiger partial charge in [-0.1, -0.05) is 19.3 Å². The van der Waals surface area contributed by atoms with E-state index in [2.05, 4.69) is 10.2 Å². The summed E-state index contributed by atoms with van der Waals surface area (Å²) in [5.41, 5.74) is 0. The van der Waals surface area contributed by atoms with Crippen molar-refractivity contribution < 1.29 is 5.11 Å². The van der Waals surface area contributed by atoms with Crippen molar-refractivity contribution in [1.29, 1.82) is 0 Å². The number of aliphatic hydroxyl groups excluding tert-OH is 1. The van der Waals surface area contributed by atoms with E-state index in [-0.39, 0.29) is 0 Å². The number of hydrogen-bond acceptors (Lipinski definition) is 3. The van der Waals surface area contributed by atoms with Gasteiger partial charge in [0.1, 0.15) is 0 Å². The Balaban J connectivity index is 1.90. The molecule has 2 N–H and O–H groups in total. The Morgan fingerprint density at radius 3 is 2.73 bits per heavy atom. The molecule has 2 aliphatic rings. The van der Waals surface area contributed by atoms with E-state index in [4.69, 9.17) is 5.11 Å². The van der Waals surface area contributed by atoms with Gasteiger partial charge in [0.2, 0.25) is 0 Å². The summed E-state index contributed by atoms with van der Waals surface area (Å²) < 4.78 is 0. The molecule has 0 aromatic rings. The first-order chi connectivity index (χ1) is 7.42. The third-order valence-corrected chi connectivity index (χ3v) is 3.90. The Labute approximate surface area is 92.8 Å². The standard InChI is InChI=1S/C12H24N2O/c15-9-6-12-10-13-7-8-14(12)11-4-2-1-3-5-11/h11-13,15H,1-10H2/t12-/m1/s1. The molecule has 0 unspecified atom stereocenters. The third-order valence-electron chi connectivity index (χ3n) is 3.90. The molecular formula is C12H24N2O. The van der Waals surface area contributed by atoms with E-state index in [9.17, 15) is 0 Å². The predicted molar refractivity (Wildman–Crippen MR) is 61.9 cm³/mol. The lowest BCUT2D eigenvalue weighted by molar-refractivity contribution is 0.0669. The second kappa shape index (κ2) is 5.83. The zero-order valence-corrected chi connectivity index (χ0v) is 9.62. The van der Waals surface area contributed by atoms with Crippen LogP contribution in [-0.4, -0.2) is 48.3 Å². The third kappa shape index (κ3) is 2.92. The minimum Gasteiger partial charge on any atom is -0.396 e. The van der Waals surface area contributed by atoms with Crippen molar-refractivity contribution in [1.82, 2.24) is 10.2 Å². The summed E-state index contributed by atoms with van der Waals surface area (Å²) in [6, 6.07) is 1.38. The summed E-state index contributed by atoms with van der Waals surface area (Å²) in [5, 5.41) is 12.5. The van der Waals surface area contributed by atoms with Crippen molar-refractivity contribution in [3.63, 3.8) is 0 Å². The van der Waals surface area contributed by atoms with Crippen LogP contribution in [0.25, 0.3) is 0 Å². The summed E-state index contributed by atoms with van der Waals surface area (Å²) >= 11 is 0. The van der Waals surface area contributed by atoms with Gasteiger partial charge in [-0.15, -0.1) is 0 Å². The largest absolute Gasteiger partial charge is 0.396 e. The minimum atomic E-state index is 0.329. The van der Waals surface area contributed by atoms with Crippen LogP contribution in [0.3, 0.4) is 0 Å². The molecule has 0 spiro atoms. The molecule has 2 fully saturated rings. The molecule has 1 heterocycles. The Morgan fingerprint density at radius 2 is 2.00 bits per heavy atom. The van der Waals surface area contributed by atoms with Gasteiger partial charge in [-0.3, -0.25) is 4.90 Å². The van der Waals surface area contributed by atoms with Gasteiger partial charge < -0.3 is 10.4 Å².